The van der Waals surface area contributed by atoms with Crippen LogP contribution in [0.15, 0.2) is 48.5 Å². The first kappa shape index (κ1) is 19.0. The molecule has 2 aromatic carbocycles. The van der Waals surface area contributed by atoms with E-state index in [1.54, 1.807) is 6.07 Å². The Kier molecular flexibility index (Phi) is 4.33. The van der Waals surface area contributed by atoms with E-state index in [0.717, 1.165) is 11.3 Å². The van der Waals surface area contributed by atoms with Gasteiger partial charge in [-0.2, -0.15) is 0 Å². The first-order valence-corrected chi connectivity index (χ1v) is 9.43. The molecular formula is C22H22N2O5. The van der Waals surface area contributed by atoms with Crippen molar-refractivity contribution < 1.29 is 19.2 Å². The molecule has 0 N–H and O–H groups in total. The van der Waals surface area contributed by atoms with Crippen LogP contribution >= 0.6 is 0 Å². The smallest absolute Gasteiger partial charge is 0.302 e. The van der Waals surface area contributed by atoms with E-state index in [4.69, 9.17) is 9.47 Å². The number of anilines is 1. The molecule has 0 amide bonds. The van der Waals surface area contributed by atoms with Crippen molar-refractivity contribution in [1.29, 1.82) is 0 Å². The molecule has 0 bridgehead atoms. The van der Waals surface area contributed by atoms with Gasteiger partial charge < -0.3 is 14.4 Å². The zero-order valence-electron chi connectivity index (χ0n) is 16.5. The lowest BCUT2D eigenvalue weighted by molar-refractivity contribution is -0.384. The van der Waals surface area contributed by atoms with Gasteiger partial charge in [0.25, 0.3) is 5.69 Å². The van der Waals surface area contributed by atoms with Crippen LogP contribution in [0.3, 0.4) is 0 Å². The number of carbonyl (C=O) groups excluding carboxylic acids is 1. The summed E-state index contributed by atoms with van der Waals surface area (Å²) in [5.74, 6) is 0.250. The number of carbonyl (C=O) groups is 1. The number of nitro groups is 1. The van der Waals surface area contributed by atoms with Crippen LogP contribution in [-0.4, -0.2) is 29.8 Å². The predicted molar refractivity (Wildman–Crippen MR) is 109 cm³/mol. The molecule has 0 fully saturated rings. The Morgan fingerprint density at radius 2 is 2.00 bits per heavy atom. The van der Waals surface area contributed by atoms with E-state index in [2.05, 4.69) is 24.8 Å². The Hall–Kier alpha value is -3.35. The Bertz CT molecular complexity index is 1030. The Labute approximate surface area is 168 Å². The molecule has 1 spiro atoms. The summed E-state index contributed by atoms with van der Waals surface area (Å²) >= 11 is 0. The van der Waals surface area contributed by atoms with Crippen molar-refractivity contribution in [1.82, 2.24) is 0 Å². The summed E-state index contributed by atoms with van der Waals surface area (Å²) in [6.45, 7) is 6.28. The monoisotopic (exact) mass is 394 g/mol. The second-order valence-corrected chi connectivity index (χ2v) is 7.74. The SMILES string of the molecule is CC(=O)OCCN1c2ccccc2C(C)(C)C12C=Cc1cc([N+](=O)[O-])ccc1O2. The van der Waals surface area contributed by atoms with Crippen molar-refractivity contribution in [2.24, 2.45) is 0 Å². The maximum absolute atomic E-state index is 11.3. The summed E-state index contributed by atoms with van der Waals surface area (Å²) in [6, 6.07) is 12.7. The van der Waals surface area contributed by atoms with E-state index in [-0.39, 0.29) is 18.3 Å². The summed E-state index contributed by atoms with van der Waals surface area (Å²) in [7, 11) is 0. The number of ether oxygens (including phenoxy) is 2. The number of rotatable bonds is 4. The fourth-order valence-corrected chi connectivity index (χ4v) is 4.27. The lowest BCUT2D eigenvalue weighted by atomic mass is 9.76. The number of hydrogen-bond acceptors (Lipinski definition) is 6. The predicted octanol–water partition coefficient (Wildman–Crippen LogP) is 4.06. The summed E-state index contributed by atoms with van der Waals surface area (Å²) in [5.41, 5.74) is 1.55. The number of non-ortho nitro benzene ring substituents is 1. The number of para-hydroxylation sites is 1. The van der Waals surface area contributed by atoms with E-state index >= 15 is 0 Å². The highest BCUT2D eigenvalue weighted by Crippen LogP contribution is 2.54. The fraction of sp³-hybridized carbons (Fsp3) is 0.318. The van der Waals surface area contributed by atoms with Crippen LogP contribution in [0, 0.1) is 10.1 Å². The third-order valence-electron chi connectivity index (χ3n) is 5.74. The minimum Gasteiger partial charge on any atom is -0.464 e. The number of esters is 1. The van der Waals surface area contributed by atoms with E-state index in [1.165, 1.54) is 19.1 Å². The van der Waals surface area contributed by atoms with Crippen molar-refractivity contribution in [3.63, 3.8) is 0 Å². The molecule has 29 heavy (non-hydrogen) atoms. The maximum atomic E-state index is 11.3. The first-order chi connectivity index (χ1) is 13.8. The minimum absolute atomic E-state index is 0.0219. The summed E-state index contributed by atoms with van der Waals surface area (Å²) < 4.78 is 11.8. The summed E-state index contributed by atoms with van der Waals surface area (Å²) in [6.07, 6.45) is 3.82. The molecule has 2 aromatic rings. The van der Waals surface area contributed by atoms with Gasteiger partial charge in [-0.1, -0.05) is 18.2 Å². The average molecular weight is 394 g/mol. The molecule has 4 rings (SSSR count). The highest BCUT2D eigenvalue weighted by Gasteiger charge is 2.58. The van der Waals surface area contributed by atoms with Crippen molar-refractivity contribution in [2.45, 2.75) is 31.9 Å². The van der Waals surface area contributed by atoms with Crippen LogP contribution in [0.5, 0.6) is 5.75 Å². The van der Waals surface area contributed by atoms with Gasteiger partial charge in [-0.15, -0.1) is 0 Å². The van der Waals surface area contributed by atoms with E-state index in [1.807, 2.05) is 30.4 Å². The van der Waals surface area contributed by atoms with Gasteiger partial charge in [0.15, 0.2) is 0 Å². The molecule has 1 unspecified atom stereocenters. The number of benzene rings is 2. The van der Waals surface area contributed by atoms with Gasteiger partial charge in [-0.25, -0.2) is 0 Å². The molecule has 2 aliphatic heterocycles. The van der Waals surface area contributed by atoms with Crippen LogP contribution in [0.1, 0.15) is 31.9 Å². The molecular weight excluding hydrogens is 372 g/mol. The van der Waals surface area contributed by atoms with Crippen molar-refractivity contribution >= 4 is 23.4 Å². The average Bonchev–Trinajstić information content (AvgIpc) is 2.86. The number of nitrogens with zero attached hydrogens (tertiary/aromatic N) is 2. The Balaban J connectivity index is 1.78. The standard InChI is InChI=1S/C22H22N2O5/c1-15(25)28-13-12-23-19-7-5-4-6-18(19)21(2,3)22(23)11-10-16-14-17(24(26)27)8-9-20(16)29-22/h4-11,14H,12-13H2,1-3H3. The molecule has 7 heteroatoms. The highest BCUT2D eigenvalue weighted by atomic mass is 16.6. The van der Waals surface area contributed by atoms with Crippen LogP contribution in [0.25, 0.3) is 6.08 Å². The Morgan fingerprint density at radius 3 is 2.72 bits per heavy atom. The third kappa shape index (κ3) is 2.85. The molecule has 7 nitrogen and oxygen atoms in total. The summed E-state index contributed by atoms with van der Waals surface area (Å²) in [4.78, 5) is 24.1. The van der Waals surface area contributed by atoms with Crippen molar-refractivity contribution in [2.75, 3.05) is 18.1 Å². The zero-order chi connectivity index (χ0) is 20.8. The number of fused-ring (bicyclic) bond motifs is 2. The van der Waals surface area contributed by atoms with Crippen molar-refractivity contribution in [3.05, 3.63) is 69.8 Å². The normalized spacial score (nSPS) is 20.7. The molecule has 2 aliphatic rings. The molecule has 2 heterocycles. The molecule has 150 valence electrons. The number of nitro benzene ring substituents is 1. The van der Waals surface area contributed by atoms with Crippen molar-refractivity contribution in [3.8, 4) is 5.75 Å². The second kappa shape index (κ2) is 6.62. The molecule has 0 saturated carbocycles. The van der Waals surface area contributed by atoms with Crippen LogP contribution in [-0.2, 0) is 14.9 Å². The molecule has 0 radical (unpaired) electrons. The summed E-state index contributed by atoms with van der Waals surface area (Å²) in [5, 5.41) is 11.1. The quantitative estimate of drug-likeness (QED) is 0.442. The van der Waals surface area contributed by atoms with E-state index in [0.29, 0.717) is 17.9 Å². The Morgan fingerprint density at radius 1 is 1.24 bits per heavy atom. The number of hydrogen-bond donors (Lipinski definition) is 0. The van der Waals surface area contributed by atoms with Gasteiger partial charge in [0.1, 0.15) is 12.4 Å². The topological polar surface area (TPSA) is 81.9 Å². The zero-order valence-corrected chi connectivity index (χ0v) is 16.5. The van der Waals surface area contributed by atoms with Gasteiger partial charge in [-0.3, -0.25) is 14.9 Å². The van der Waals surface area contributed by atoms with Gasteiger partial charge in [0.2, 0.25) is 5.72 Å². The van der Waals surface area contributed by atoms with Gasteiger partial charge >= 0.3 is 5.97 Å². The van der Waals surface area contributed by atoms with Crippen LogP contribution < -0.4 is 9.64 Å². The minimum atomic E-state index is -0.847. The van der Waals surface area contributed by atoms with Crippen LogP contribution in [0.4, 0.5) is 11.4 Å². The van der Waals surface area contributed by atoms with Gasteiger partial charge in [0.05, 0.1) is 16.9 Å². The van der Waals surface area contributed by atoms with E-state index < -0.39 is 16.1 Å². The molecule has 0 saturated heterocycles. The lowest BCUT2D eigenvalue weighted by Crippen LogP contribution is -2.60. The van der Waals surface area contributed by atoms with Gasteiger partial charge in [-0.05, 0) is 43.7 Å². The lowest BCUT2D eigenvalue weighted by Gasteiger charge is -2.47. The van der Waals surface area contributed by atoms with Crippen LogP contribution in [0.2, 0.25) is 0 Å². The second-order valence-electron chi connectivity index (χ2n) is 7.74. The maximum Gasteiger partial charge on any atom is 0.302 e. The third-order valence-corrected chi connectivity index (χ3v) is 5.74. The fourth-order valence-electron chi connectivity index (χ4n) is 4.27. The molecule has 0 aromatic heterocycles. The molecule has 0 aliphatic carbocycles. The van der Waals surface area contributed by atoms with E-state index in [9.17, 15) is 14.9 Å². The molecule has 1 atom stereocenters. The largest absolute Gasteiger partial charge is 0.464 e. The first-order valence-electron chi connectivity index (χ1n) is 9.43. The highest BCUT2D eigenvalue weighted by molar-refractivity contribution is 5.73. The van der Waals surface area contributed by atoms with Gasteiger partial charge in [0, 0.05) is 30.3 Å².